The summed E-state index contributed by atoms with van der Waals surface area (Å²) in [5.41, 5.74) is 6.44. The van der Waals surface area contributed by atoms with E-state index in [1.54, 1.807) is 6.20 Å². The van der Waals surface area contributed by atoms with Gasteiger partial charge in [-0.2, -0.15) is 0 Å². The predicted octanol–water partition coefficient (Wildman–Crippen LogP) is 0.552. The quantitative estimate of drug-likeness (QED) is 0.742. The molecule has 1 aliphatic rings. The summed E-state index contributed by atoms with van der Waals surface area (Å²) in [6.07, 6.45) is 1.74. The van der Waals surface area contributed by atoms with Crippen LogP contribution in [-0.2, 0) is 4.74 Å². The van der Waals surface area contributed by atoms with Gasteiger partial charge >= 0.3 is 0 Å². The molecule has 0 bridgehead atoms. The molecule has 0 unspecified atom stereocenters. The number of nitrogens with two attached hydrogens (primary N) is 1. The van der Waals surface area contributed by atoms with Crippen molar-refractivity contribution in [1.82, 2.24) is 4.98 Å². The molecule has 2 N–H and O–H groups in total. The molecule has 1 aliphatic heterocycles. The summed E-state index contributed by atoms with van der Waals surface area (Å²) in [4.78, 5) is 6.88. The van der Waals surface area contributed by atoms with Crippen molar-refractivity contribution in [2.75, 3.05) is 31.2 Å². The van der Waals surface area contributed by atoms with Crippen molar-refractivity contribution in [2.45, 2.75) is 0 Å². The molecule has 2 rings (SSSR count). The second-order valence-corrected chi connectivity index (χ2v) is 3.81. The van der Waals surface area contributed by atoms with Gasteiger partial charge in [0.15, 0.2) is 0 Å². The van der Waals surface area contributed by atoms with Gasteiger partial charge in [0.1, 0.15) is 10.8 Å². The Morgan fingerprint density at radius 1 is 1.47 bits per heavy atom. The van der Waals surface area contributed by atoms with Crippen LogP contribution in [0.2, 0.25) is 0 Å². The lowest BCUT2D eigenvalue weighted by Crippen LogP contribution is -2.36. The third kappa shape index (κ3) is 2.43. The molecule has 2 heterocycles. The number of anilines is 1. The lowest BCUT2D eigenvalue weighted by Gasteiger charge is -2.27. The average Bonchev–Trinajstić information content (AvgIpc) is 2.30. The van der Waals surface area contributed by atoms with Crippen LogP contribution in [0, 0.1) is 0 Å². The highest BCUT2D eigenvalue weighted by molar-refractivity contribution is 7.80. The van der Waals surface area contributed by atoms with Crippen molar-refractivity contribution in [3.05, 3.63) is 23.9 Å². The highest BCUT2D eigenvalue weighted by Gasteiger charge is 2.12. The van der Waals surface area contributed by atoms with E-state index in [2.05, 4.69) is 9.88 Å². The van der Waals surface area contributed by atoms with Crippen LogP contribution in [0.1, 0.15) is 5.56 Å². The van der Waals surface area contributed by atoms with Crippen LogP contribution in [0.4, 0.5) is 5.82 Å². The number of ether oxygens (including phenoxy) is 1. The normalized spacial score (nSPS) is 16.4. The molecule has 0 atom stereocenters. The molecule has 0 amide bonds. The maximum atomic E-state index is 5.57. The van der Waals surface area contributed by atoms with Crippen LogP contribution in [0.25, 0.3) is 0 Å². The van der Waals surface area contributed by atoms with E-state index in [1.807, 2.05) is 12.1 Å². The Labute approximate surface area is 94.0 Å². The first-order valence-electron chi connectivity index (χ1n) is 4.86. The molecular weight excluding hydrogens is 210 g/mol. The van der Waals surface area contributed by atoms with Gasteiger partial charge in [0, 0.05) is 24.8 Å². The van der Waals surface area contributed by atoms with E-state index in [1.165, 1.54) is 0 Å². The van der Waals surface area contributed by atoms with E-state index in [-0.39, 0.29) is 0 Å². The Morgan fingerprint density at radius 2 is 2.20 bits per heavy atom. The van der Waals surface area contributed by atoms with Crippen LogP contribution in [-0.4, -0.2) is 36.3 Å². The van der Waals surface area contributed by atoms with E-state index in [0.29, 0.717) is 4.99 Å². The molecule has 1 fully saturated rings. The Hall–Kier alpha value is -1.20. The lowest BCUT2D eigenvalue weighted by molar-refractivity contribution is 0.122. The number of rotatable bonds is 2. The van der Waals surface area contributed by atoms with Crippen LogP contribution in [0.3, 0.4) is 0 Å². The van der Waals surface area contributed by atoms with Crippen molar-refractivity contribution in [2.24, 2.45) is 5.73 Å². The van der Waals surface area contributed by atoms with Gasteiger partial charge in [0.25, 0.3) is 0 Å². The number of thiocarbonyl (C=S) groups is 1. The van der Waals surface area contributed by atoms with Crippen molar-refractivity contribution in [3.63, 3.8) is 0 Å². The summed E-state index contributed by atoms with van der Waals surface area (Å²) in [5.74, 6) is 0.920. The Bertz CT molecular complexity index is 363. The summed E-state index contributed by atoms with van der Waals surface area (Å²) in [5, 5.41) is 0. The molecule has 1 aromatic rings. The first-order chi connectivity index (χ1) is 7.27. The predicted molar refractivity (Wildman–Crippen MR) is 63.2 cm³/mol. The van der Waals surface area contributed by atoms with Gasteiger partial charge in [-0.3, -0.25) is 0 Å². The van der Waals surface area contributed by atoms with Crippen LogP contribution in [0.15, 0.2) is 18.3 Å². The molecule has 1 saturated heterocycles. The van der Waals surface area contributed by atoms with Gasteiger partial charge in [0.05, 0.1) is 13.2 Å². The Morgan fingerprint density at radius 3 is 2.87 bits per heavy atom. The third-order valence-corrected chi connectivity index (χ3v) is 2.60. The molecule has 0 aromatic carbocycles. The number of pyridine rings is 1. The average molecular weight is 223 g/mol. The van der Waals surface area contributed by atoms with Crippen molar-refractivity contribution in [1.29, 1.82) is 0 Å². The van der Waals surface area contributed by atoms with Crippen molar-refractivity contribution >= 4 is 23.0 Å². The minimum atomic E-state index is 0.409. The molecule has 4 nitrogen and oxygen atoms in total. The molecule has 5 heteroatoms. The maximum Gasteiger partial charge on any atom is 0.129 e. The topological polar surface area (TPSA) is 51.4 Å². The molecule has 0 radical (unpaired) electrons. The second-order valence-electron chi connectivity index (χ2n) is 3.37. The summed E-state index contributed by atoms with van der Waals surface area (Å²) >= 11 is 4.93. The molecular formula is C10H13N3OS. The molecule has 1 aromatic heterocycles. The minimum Gasteiger partial charge on any atom is -0.389 e. The van der Waals surface area contributed by atoms with Gasteiger partial charge in [-0.15, -0.1) is 0 Å². The zero-order valence-electron chi connectivity index (χ0n) is 8.35. The summed E-state index contributed by atoms with van der Waals surface area (Å²) in [7, 11) is 0. The van der Waals surface area contributed by atoms with E-state index in [9.17, 15) is 0 Å². The maximum absolute atomic E-state index is 5.57. The zero-order chi connectivity index (χ0) is 10.7. The van der Waals surface area contributed by atoms with Gasteiger partial charge in [-0.05, 0) is 12.1 Å². The smallest absolute Gasteiger partial charge is 0.129 e. The van der Waals surface area contributed by atoms with Crippen molar-refractivity contribution < 1.29 is 4.74 Å². The monoisotopic (exact) mass is 223 g/mol. The fraction of sp³-hybridized carbons (Fsp3) is 0.400. The first kappa shape index (κ1) is 10.3. The van der Waals surface area contributed by atoms with Crippen LogP contribution >= 0.6 is 12.2 Å². The van der Waals surface area contributed by atoms with Gasteiger partial charge in [-0.25, -0.2) is 4.98 Å². The summed E-state index contributed by atoms with van der Waals surface area (Å²) in [6, 6.07) is 3.75. The number of morpholine rings is 1. The molecule has 15 heavy (non-hydrogen) atoms. The molecule has 0 saturated carbocycles. The second kappa shape index (κ2) is 4.55. The van der Waals surface area contributed by atoms with E-state index in [4.69, 9.17) is 22.7 Å². The number of hydrogen-bond acceptors (Lipinski definition) is 4. The molecule has 80 valence electrons. The van der Waals surface area contributed by atoms with Crippen LogP contribution < -0.4 is 10.6 Å². The fourth-order valence-electron chi connectivity index (χ4n) is 1.54. The Kier molecular flexibility index (Phi) is 3.13. The lowest BCUT2D eigenvalue weighted by atomic mass is 10.2. The highest BCUT2D eigenvalue weighted by Crippen LogP contribution is 2.13. The first-order valence-corrected chi connectivity index (χ1v) is 5.27. The van der Waals surface area contributed by atoms with Gasteiger partial charge in [-0.1, -0.05) is 12.2 Å². The van der Waals surface area contributed by atoms with E-state index in [0.717, 1.165) is 37.7 Å². The summed E-state index contributed by atoms with van der Waals surface area (Å²) in [6.45, 7) is 3.24. The highest BCUT2D eigenvalue weighted by atomic mass is 32.1. The number of hydrogen-bond donors (Lipinski definition) is 1. The van der Waals surface area contributed by atoms with E-state index < -0.39 is 0 Å². The SMILES string of the molecule is NC(=S)c1ccnc(N2CCOCC2)c1. The third-order valence-electron chi connectivity index (χ3n) is 2.37. The number of aromatic nitrogens is 1. The molecule has 0 spiro atoms. The Balaban J connectivity index is 2.19. The zero-order valence-corrected chi connectivity index (χ0v) is 9.17. The summed E-state index contributed by atoms with van der Waals surface area (Å²) < 4.78 is 5.28. The molecule has 0 aliphatic carbocycles. The van der Waals surface area contributed by atoms with Gasteiger partial charge < -0.3 is 15.4 Å². The fourth-order valence-corrected chi connectivity index (χ4v) is 1.66. The number of nitrogens with zero attached hydrogens (tertiary/aromatic N) is 2. The van der Waals surface area contributed by atoms with Crippen LogP contribution in [0.5, 0.6) is 0 Å². The van der Waals surface area contributed by atoms with E-state index >= 15 is 0 Å². The largest absolute Gasteiger partial charge is 0.389 e. The standard InChI is InChI=1S/C10H13N3OS/c11-10(15)8-1-2-12-9(7-8)13-3-5-14-6-4-13/h1-2,7H,3-6H2,(H2,11,15). The van der Waals surface area contributed by atoms with Crippen molar-refractivity contribution in [3.8, 4) is 0 Å². The van der Waals surface area contributed by atoms with Gasteiger partial charge in [0.2, 0.25) is 0 Å². The minimum absolute atomic E-state index is 0.409.